The summed E-state index contributed by atoms with van der Waals surface area (Å²) in [7, 11) is 0. The highest BCUT2D eigenvalue weighted by molar-refractivity contribution is 9.09. The van der Waals surface area contributed by atoms with Gasteiger partial charge in [-0.2, -0.15) is 0 Å². The van der Waals surface area contributed by atoms with Crippen molar-refractivity contribution in [3.63, 3.8) is 0 Å². The number of rotatable bonds is 6. The van der Waals surface area contributed by atoms with Gasteiger partial charge < -0.3 is 9.47 Å². The second kappa shape index (κ2) is 9.48. The van der Waals surface area contributed by atoms with E-state index in [2.05, 4.69) is 22.9 Å². The molecule has 0 aromatic carbocycles. The number of halogens is 1. The van der Waals surface area contributed by atoms with Crippen molar-refractivity contribution in [3.05, 3.63) is 11.6 Å². The Bertz CT molecular complexity index is 1030. The van der Waals surface area contributed by atoms with Gasteiger partial charge >= 0.3 is 11.9 Å². The van der Waals surface area contributed by atoms with Crippen LogP contribution in [0.15, 0.2) is 11.6 Å². The van der Waals surface area contributed by atoms with Gasteiger partial charge in [0, 0.05) is 47.8 Å². The van der Waals surface area contributed by atoms with Crippen molar-refractivity contribution in [1.29, 1.82) is 0 Å². The average molecular weight is 566 g/mol. The van der Waals surface area contributed by atoms with Crippen LogP contribution in [0.25, 0.3) is 0 Å². The number of hydrogen-bond acceptors (Lipinski definition) is 7. The Hall–Kier alpha value is -1.83. The number of carbonyl (C=O) groups excluding carboxylic acids is 5. The van der Waals surface area contributed by atoms with E-state index in [0.29, 0.717) is 25.7 Å². The van der Waals surface area contributed by atoms with Crippen molar-refractivity contribution in [2.75, 3.05) is 6.61 Å². The summed E-state index contributed by atoms with van der Waals surface area (Å²) < 4.78 is 11.3. The zero-order valence-corrected chi connectivity index (χ0v) is 23.4. The maximum atomic E-state index is 14.1. The molecule has 0 N–H and O–H groups in total. The fourth-order valence-electron chi connectivity index (χ4n) is 8.09. The number of carbonyl (C=O) groups is 5. The summed E-state index contributed by atoms with van der Waals surface area (Å²) in [6, 6.07) is 0. The summed E-state index contributed by atoms with van der Waals surface area (Å²) in [6.07, 6.45) is 4.43. The van der Waals surface area contributed by atoms with Crippen LogP contribution in [-0.4, -0.2) is 46.3 Å². The Kier molecular flexibility index (Phi) is 7.17. The van der Waals surface area contributed by atoms with Gasteiger partial charge in [0.05, 0.1) is 0 Å². The predicted molar refractivity (Wildman–Crippen MR) is 135 cm³/mol. The molecule has 7 nitrogen and oxygen atoms in total. The van der Waals surface area contributed by atoms with E-state index >= 15 is 0 Å². The second-order valence-electron chi connectivity index (χ2n) is 11.6. The molecule has 3 saturated carbocycles. The molecule has 0 heterocycles. The summed E-state index contributed by atoms with van der Waals surface area (Å²) in [6.45, 7) is 8.77. The fraction of sp³-hybridized carbons (Fsp3) is 0.750. The topological polar surface area (TPSA) is 104 Å². The lowest BCUT2D eigenvalue weighted by Crippen LogP contribution is -2.65. The molecule has 4 aliphatic carbocycles. The second-order valence-corrected chi connectivity index (χ2v) is 12.8. The largest absolute Gasteiger partial charge is 0.457 e. The molecule has 0 aromatic rings. The van der Waals surface area contributed by atoms with Gasteiger partial charge in [-0.25, -0.2) is 0 Å². The van der Waals surface area contributed by atoms with E-state index in [1.165, 1.54) is 0 Å². The van der Waals surface area contributed by atoms with Crippen LogP contribution in [0.4, 0.5) is 0 Å². The molecule has 8 atom stereocenters. The molecule has 0 saturated heterocycles. The molecule has 0 radical (unpaired) electrons. The van der Waals surface area contributed by atoms with Crippen LogP contribution < -0.4 is 0 Å². The van der Waals surface area contributed by atoms with Crippen LogP contribution in [0.2, 0.25) is 0 Å². The van der Waals surface area contributed by atoms with Crippen LogP contribution in [0.1, 0.15) is 79.6 Å². The highest BCUT2D eigenvalue weighted by Gasteiger charge is 2.74. The molecule has 0 amide bonds. The first kappa shape index (κ1) is 27.2. The first-order valence-corrected chi connectivity index (χ1v) is 14.1. The molecule has 3 fully saturated rings. The molecule has 8 heteroatoms. The van der Waals surface area contributed by atoms with E-state index < -0.39 is 40.8 Å². The minimum absolute atomic E-state index is 0.0424. The third-order valence-electron chi connectivity index (χ3n) is 9.82. The van der Waals surface area contributed by atoms with Crippen LogP contribution >= 0.6 is 15.9 Å². The minimum Gasteiger partial charge on any atom is -0.457 e. The standard InChI is InChI=1S/C28H37BrO7/c1-6-22(33)35-14-21(32)28(36-23(34)7-2)15(3)10-18-24-19(29)12-16-11-17(30)8-9-26(16,4)25(24)20(31)13-27(18,28)5/h11,15,18-19,24-25H,6-10,12-14H2,1-5H3/t15-,18-,19+,24+,25-,26-,27-,28+/m0/s1. The van der Waals surface area contributed by atoms with Gasteiger partial charge in [0.15, 0.2) is 18.0 Å². The van der Waals surface area contributed by atoms with Gasteiger partial charge in [0.2, 0.25) is 5.78 Å². The van der Waals surface area contributed by atoms with Crippen LogP contribution in [0.5, 0.6) is 0 Å². The Morgan fingerprint density at radius 2 is 1.78 bits per heavy atom. The molecule has 0 spiro atoms. The number of alkyl halides is 1. The maximum Gasteiger partial charge on any atom is 0.306 e. The fourth-order valence-corrected chi connectivity index (χ4v) is 9.11. The van der Waals surface area contributed by atoms with E-state index in [1.807, 2.05) is 13.8 Å². The quantitative estimate of drug-likeness (QED) is 0.344. The van der Waals surface area contributed by atoms with Gasteiger partial charge in [-0.05, 0) is 42.6 Å². The average Bonchev–Trinajstić information content (AvgIpc) is 3.04. The van der Waals surface area contributed by atoms with Gasteiger partial charge in [-0.1, -0.05) is 56.1 Å². The lowest BCUT2D eigenvalue weighted by atomic mass is 9.45. The summed E-state index contributed by atoms with van der Waals surface area (Å²) >= 11 is 3.88. The number of hydrogen-bond donors (Lipinski definition) is 0. The molecule has 0 aromatic heterocycles. The van der Waals surface area contributed by atoms with E-state index in [4.69, 9.17) is 9.47 Å². The number of fused-ring (bicyclic) bond motifs is 5. The van der Waals surface area contributed by atoms with Gasteiger partial charge in [0.25, 0.3) is 0 Å². The Labute approximate surface area is 221 Å². The highest BCUT2D eigenvalue weighted by Crippen LogP contribution is 2.69. The maximum absolute atomic E-state index is 14.1. The van der Waals surface area contributed by atoms with Crippen molar-refractivity contribution in [3.8, 4) is 0 Å². The van der Waals surface area contributed by atoms with Gasteiger partial charge in [0.1, 0.15) is 5.78 Å². The molecule has 0 bridgehead atoms. The van der Waals surface area contributed by atoms with E-state index in [-0.39, 0.29) is 59.3 Å². The number of esters is 2. The van der Waals surface area contributed by atoms with E-state index in [1.54, 1.807) is 19.9 Å². The Morgan fingerprint density at radius 1 is 1.11 bits per heavy atom. The molecule has 4 rings (SSSR count). The molecule has 0 aliphatic heterocycles. The first-order chi connectivity index (χ1) is 16.9. The lowest BCUT2D eigenvalue weighted by molar-refractivity contribution is -0.197. The molecule has 36 heavy (non-hydrogen) atoms. The van der Waals surface area contributed by atoms with Crippen molar-refractivity contribution in [2.45, 2.75) is 90.0 Å². The third-order valence-corrected chi connectivity index (χ3v) is 10.7. The Morgan fingerprint density at radius 3 is 2.42 bits per heavy atom. The SMILES string of the molecule is CCC(=O)OCC(=O)[C@]1(OC(=O)CC)[C@@H](C)C[C@H]2[C@@H]3[C@H](Br)CC4=CC(=O)CC[C@]4(C)[C@H]3C(=O)C[C@@]21C. The van der Waals surface area contributed by atoms with Crippen LogP contribution in [0, 0.1) is 34.5 Å². The van der Waals surface area contributed by atoms with E-state index in [9.17, 15) is 24.0 Å². The Balaban J connectivity index is 1.79. The van der Waals surface area contributed by atoms with Crippen molar-refractivity contribution in [2.24, 2.45) is 34.5 Å². The summed E-state index contributed by atoms with van der Waals surface area (Å²) in [5.41, 5.74) is -1.84. The summed E-state index contributed by atoms with van der Waals surface area (Å²) in [5, 5.41) is 0. The monoisotopic (exact) mass is 564 g/mol. The zero-order valence-electron chi connectivity index (χ0n) is 21.9. The molecular weight excluding hydrogens is 528 g/mol. The van der Waals surface area contributed by atoms with Crippen molar-refractivity contribution < 1.29 is 33.4 Å². The summed E-state index contributed by atoms with van der Waals surface area (Å²) in [4.78, 5) is 64.7. The third kappa shape index (κ3) is 3.84. The molecule has 0 unspecified atom stereocenters. The number of allylic oxidation sites excluding steroid dienone is 1. The lowest BCUT2D eigenvalue weighted by Gasteiger charge is -2.59. The van der Waals surface area contributed by atoms with Gasteiger partial charge in [-0.15, -0.1) is 0 Å². The highest BCUT2D eigenvalue weighted by atomic mass is 79.9. The van der Waals surface area contributed by atoms with Crippen molar-refractivity contribution in [1.82, 2.24) is 0 Å². The normalized spacial score (nSPS) is 41.5. The summed E-state index contributed by atoms with van der Waals surface area (Å²) in [5.74, 6) is -2.04. The predicted octanol–water partition coefficient (Wildman–Crippen LogP) is 4.53. The minimum atomic E-state index is -1.55. The smallest absolute Gasteiger partial charge is 0.306 e. The molecule has 4 aliphatic rings. The number of ether oxygens (including phenoxy) is 2. The van der Waals surface area contributed by atoms with Gasteiger partial charge in [-0.3, -0.25) is 24.0 Å². The zero-order chi connectivity index (χ0) is 26.6. The van der Waals surface area contributed by atoms with E-state index in [0.717, 1.165) is 5.57 Å². The number of ketones is 3. The molecule has 198 valence electrons. The number of Topliss-reactive ketones (excluding diaryl/α,β-unsaturated/α-hetero) is 2. The van der Waals surface area contributed by atoms with Crippen LogP contribution in [0.3, 0.4) is 0 Å². The van der Waals surface area contributed by atoms with Crippen LogP contribution in [-0.2, 0) is 33.4 Å². The van der Waals surface area contributed by atoms with Crippen molar-refractivity contribution >= 4 is 45.2 Å². The molecular formula is C28H37BrO7. The first-order valence-electron chi connectivity index (χ1n) is 13.2.